The third kappa shape index (κ3) is 3.49. The Labute approximate surface area is 122 Å². The number of aliphatic hydroxyl groups is 1. The molecular formula is C15H17N3O3. The molecule has 0 atom stereocenters. The van der Waals surface area contributed by atoms with E-state index in [9.17, 15) is 0 Å². The number of ether oxygens (including phenoxy) is 2. The van der Waals surface area contributed by atoms with Gasteiger partial charge in [-0.1, -0.05) is 12.1 Å². The van der Waals surface area contributed by atoms with E-state index in [1.807, 2.05) is 0 Å². The Bertz CT molecular complexity index is 644. The molecule has 0 fully saturated rings. The molecule has 0 aliphatic rings. The second-order valence-electron chi connectivity index (χ2n) is 4.36. The number of nitrogens with two attached hydrogens (primary N) is 1. The van der Waals surface area contributed by atoms with E-state index in [1.54, 1.807) is 36.5 Å². The average Bonchev–Trinajstić information content (AvgIpc) is 2.52. The molecule has 0 spiro atoms. The summed E-state index contributed by atoms with van der Waals surface area (Å²) >= 11 is 0. The van der Waals surface area contributed by atoms with Crippen molar-refractivity contribution in [2.45, 2.75) is 13.2 Å². The predicted molar refractivity (Wildman–Crippen MR) is 78.5 cm³/mol. The lowest BCUT2D eigenvalue weighted by Gasteiger charge is -2.13. The molecule has 6 heteroatoms. The van der Waals surface area contributed by atoms with Crippen molar-refractivity contribution in [1.29, 1.82) is 5.41 Å². The second-order valence-corrected chi connectivity index (χ2v) is 4.36. The van der Waals surface area contributed by atoms with Gasteiger partial charge < -0.3 is 20.3 Å². The van der Waals surface area contributed by atoms with Gasteiger partial charge in [-0.25, -0.2) is 0 Å². The van der Waals surface area contributed by atoms with Crippen LogP contribution in [0.15, 0.2) is 36.5 Å². The van der Waals surface area contributed by atoms with Gasteiger partial charge in [-0.2, -0.15) is 0 Å². The van der Waals surface area contributed by atoms with Crippen molar-refractivity contribution in [2.75, 3.05) is 7.11 Å². The largest absolute Gasteiger partial charge is 0.493 e. The molecule has 0 bridgehead atoms. The Morgan fingerprint density at radius 3 is 2.81 bits per heavy atom. The van der Waals surface area contributed by atoms with Gasteiger partial charge in [-0.3, -0.25) is 10.4 Å². The summed E-state index contributed by atoms with van der Waals surface area (Å²) in [6.45, 7) is 0.158. The van der Waals surface area contributed by atoms with Gasteiger partial charge >= 0.3 is 0 Å². The minimum absolute atomic E-state index is 0.0618. The lowest BCUT2D eigenvalue weighted by Crippen LogP contribution is -2.16. The van der Waals surface area contributed by atoms with Crippen molar-refractivity contribution in [3.8, 4) is 11.5 Å². The van der Waals surface area contributed by atoms with Crippen LogP contribution < -0.4 is 15.2 Å². The van der Waals surface area contributed by atoms with E-state index in [4.69, 9.17) is 25.7 Å². The van der Waals surface area contributed by atoms with E-state index in [-0.39, 0.29) is 19.0 Å². The van der Waals surface area contributed by atoms with Gasteiger partial charge in [0.1, 0.15) is 18.1 Å². The average molecular weight is 287 g/mol. The van der Waals surface area contributed by atoms with E-state index >= 15 is 0 Å². The van der Waals surface area contributed by atoms with E-state index < -0.39 is 0 Å². The Morgan fingerprint density at radius 1 is 1.33 bits per heavy atom. The zero-order chi connectivity index (χ0) is 15.2. The summed E-state index contributed by atoms with van der Waals surface area (Å²) in [6, 6.07) is 8.77. The zero-order valence-corrected chi connectivity index (χ0v) is 11.7. The van der Waals surface area contributed by atoms with Gasteiger partial charge in [-0.15, -0.1) is 0 Å². The monoisotopic (exact) mass is 287 g/mol. The summed E-state index contributed by atoms with van der Waals surface area (Å²) in [5, 5.41) is 16.6. The Hall–Kier alpha value is -2.60. The first-order valence-corrected chi connectivity index (χ1v) is 6.34. The Kier molecular flexibility index (Phi) is 4.73. The van der Waals surface area contributed by atoms with E-state index in [0.29, 0.717) is 17.2 Å². The molecule has 0 aliphatic heterocycles. The fourth-order valence-electron chi connectivity index (χ4n) is 1.88. The van der Waals surface area contributed by atoms with Crippen LogP contribution in [0.5, 0.6) is 11.5 Å². The fraction of sp³-hybridized carbons (Fsp3) is 0.200. The topological polar surface area (TPSA) is 101 Å². The first-order valence-electron chi connectivity index (χ1n) is 6.34. The highest BCUT2D eigenvalue weighted by atomic mass is 16.5. The van der Waals surface area contributed by atoms with Gasteiger partial charge in [-0.05, 0) is 23.8 Å². The van der Waals surface area contributed by atoms with Crippen LogP contribution in [0.1, 0.15) is 16.8 Å². The molecule has 2 rings (SSSR count). The molecule has 0 unspecified atom stereocenters. The van der Waals surface area contributed by atoms with Crippen LogP contribution in [0.2, 0.25) is 0 Å². The number of rotatable bonds is 6. The summed E-state index contributed by atoms with van der Waals surface area (Å²) in [6.07, 6.45) is 1.58. The quantitative estimate of drug-likeness (QED) is 0.551. The minimum atomic E-state index is -0.100. The molecule has 0 aliphatic carbocycles. The third-order valence-corrected chi connectivity index (χ3v) is 2.94. The number of hydrogen-bond donors (Lipinski definition) is 3. The lowest BCUT2D eigenvalue weighted by molar-refractivity contribution is 0.274. The maximum Gasteiger partial charge on any atom is 0.161 e. The lowest BCUT2D eigenvalue weighted by atomic mass is 10.2. The third-order valence-electron chi connectivity index (χ3n) is 2.94. The van der Waals surface area contributed by atoms with Crippen molar-refractivity contribution < 1.29 is 14.6 Å². The van der Waals surface area contributed by atoms with Crippen LogP contribution >= 0.6 is 0 Å². The van der Waals surface area contributed by atoms with Crippen molar-refractivity contribution in [3.63, 3.8) is 0 Å². The molecule has 0 saturated heterocycles. The molecule has 1 heterocycles. The van der Waals surface area contributed by atoms with Crippen molar-refractivity contribution in [2.24, 2.45) is 5.73 Å². The van der Waals surface area contributed by atoms with Crippen LogP contribution in [-0.2, 0) is 13.2 Å². The van der Waals surface area contributed by atoms with Crippen LogP contribution in [0.4, 0.5) is 0 Å². The molecule has 1 aromatic carbocycles. The number of hydrogen-bond acceptors (Lipinski definition) is 5. The highest BCUT2D eigenvalue weighted by Crippen LogP contribution is 2.29. The molecule has 4 N–H and O–H groups in total. The number of amidine groups is 1. The maximum atomic E-state index is 9.11. The number of nitrogen functional groups attached to an aromatic ring is 1. The first-order chi connectivity index (χ1) is 10.2. The molecule has 6 nitrogen and oxygen atoms in total. The molecule has 0 saturated carbocycles. The molecule has 0 radical (unpaired) electrons. The molecule has 2 aromatic rings. The van der Waals surface area contributed by atoms with Crippen molar-refractivity contribution >= 4 is 5.84 Å². The second kappa shape index (κ2) is 6.71. The number of pyridine rings is 1. The fourth-order valence-corrected chi connectivity index (χ4v) is 1.88. The van der Waals surface area contributed by atoms with Gasteiger partial charge in [0.25, 0.3) is 0 Å². The number of benzene rings is 1. The molecule has 0 amide bonds. The molecule has 21 heavy (non-hydrogen) atoms. The highest BCUT2D eigenvalue weighted by molar-refractivity contribution is 5.94. The number of aliphatic hydroxyl groups excluding tert-OH is 1. The van der Waals surface area contributed by atoms with Crippen LogP contribution in [-0.4, -0.2) is 23.0 Å². The van der Waals surface area contributed by atoms with Gasteiger partial charge in [0.15, 0.2) is 11.5 Å². The normalized spacial score (nSPS) is 10.2. The predicted octanol–water partition coefficient (Wildman–Crippen LogP) is 1.45. The van der Waals surface area contributed by atoms with Crippen LogP contribution in [0, 0.1) is 5.41 Å². The molecular weight excluding hydrogens is 270 g/mol. The summed E-state index contributed by atoms with van der Waals surface area (Å²) < 4.78 is 10.9. The molecule has 110 valence electrons. The Balaban J connectivity index is 2.19. The van der Waals surface area contributed by atoms with Gasteiger partial charge in [0.05, 0.1) is 13.7 Å². The Morgan fingerprint density at radius 2 is 2.14 bits per heavy atom. The van der Waals surface area contributed by atoms with Gasteiger partial charge in [0, 0.05) is 11.8 Å². The van der Waals surface area contributed by atoms with Crippen LogP contribution in [0.25, 0.3) is 0 Å². The standard InChI is InChI=1S/C15H17N3O3/c1-20-13-7-10(8-19)4-5-12(13)21-9-11-3-2-6-18-14(11)15(16)17/h2-7,19H,8-9H2,1H3,(H3,16,17). The SMILES string of the molecule is COc1cc(CO)ccc1OCc1cccnc1C(=N)N. The van der Waals surface area contributed by atoms with Crippen molar-refractivity contribution in [1.82, 2.24) is 4.98 Å². The number of nitrogens with one attached hydrogen (secondary N) is 1. The summed E-state index contributed by atoms with van der Waals surface area (Å²) in [7, 11) is 1.54. The van der Waals surface area contributed by atoms with E-state index in [2.05, 4.69) is 4.98 Å². The number of nitrogens with zero attached hydrogens (tertiary/aromatic N) is 1. The number of aromatic nitrogens is 1. The first kappa shape index (κ1) is 14.8. The van der Waals surface area contributed by atoms with Crippen LogP contribution in [0.3, 0.4) is 0 Å². The smallest absolute Gasteiger partial charge is 0.161 e. The highest BCUT2D eigenvalue weighted by Gasteiger charge is 2.10. The van der Waals surface area contributed by atoms with Crippen molar-refractivity contribution in [3.05, 3.63) is 53.3 Å². The zero-order valence-electron chi connectivity index (χ0n) is 11.7. The number of methoxy groups -OCH3 is 1. The van der Waals surface area contributed by atoms with E-state index in [1.165, 1.54) is 7.11 Å². The summed E-state index contributed by atoms with van der Waals surface area (Å²) in [5.74, 6) is 0.986. The maximum absolute atomic E-state index is 9.11. The molecule has 1 aromatic heterocycles. The minimum Gasteiger partial charge on any atom is -0.493 e. The van der Waals surface area contributed by atoms with E-state index in [0.717, 1.165) is 11.1 Å². The van der Waals surface area contributed by atoms with Gasteiger partial charge in [0.2, 0.25) is 0 Å². The summed E-state index contributed by atoms with van der Waals surface area (Å²) in [4.78, 5) is 4.07. The summed E-state index contributed by atoms with van der Waals surface area (Å²) in [5.41, 5.74) is 7.36.